The van der Waals surface area contributed by atoms with Gasteiger partial charge in [-0.1, -0.05) is 18.2 Å². The molecule has 0 bridgehead atoms. The number of cyclic esters (lactones) is 1. The number of carbonyl (C=O) groups excluding carboxylic acids is 1. The van der Waals surface area contributed by atoms with Gasteiger partial charge in [-0.05, 0) is 54.3 Å². The van der Waals surface area contributed by atoms with Gasteiger partial charge in [0.2, 0.25) is 0 Å². The average molecular weight is 298 g/mol. The van der Waals surface area contributed by atoms with Crippen molar-refractivity contribution in [2.24, 2.45) is 5.10 Å². The summed E-state index contributed by atoms with van der Waals surface area (Å²) in [5.41, 5.74) is 3.92. The van der Waals surface area contributed by atoms with Crippen LogP contribution in [0.15, 0.2) is 41.5 Å². The van der Waals surface area contributed by atoms with E-state index >= 15 is 0 Å². The minimum Gasteiger partial charge on any atom is -0.442 e. The van der Waals surface area contributed by atoms with Gasteiger partial charge >= 0.3 is 6.09 Å². The Labute approximate surface area is 127 Å². The fourth-order valence-electron chi connectivity index (χ4n) is 2.48. The molecule has 1 aliphatic rings. The van der Waals surface area contributed by atoms with E-state index in [4.69, 9.17) is 4.74 Å². The van der Waals surface area contributed by atoms with Gasteiger partial charge in [-0.3, -0.25) is 0 Å². The molecule has 0 radical (unpaired) electrons. The number of carbonyl (C=O) groups is 1. The fraction of sp³-hybridized carbons (Fsp3) is 0.176. The van der Waals surface area contributed by atoms with Crippen LogP contribution in [0.4, 0.5) is 14.9 Å². The van der Waals surface area contributed by atoms with E-state index in [0.717, 1.165) is 16.7 Å². The van der Waals surface area contributed by atoms with Gasteiger partial charge in [0.15, 0.2) is 0 Å². The molecule has 0 fully saturated rings. The van der Waals surface area contributed by atoms with Gasteiger partial charge in [0, 0.05) is 0 Å². The molecule has 4 nitrogen and oxygen atoms in total. The van der Waals surface area contributed by atoms with Crippen molar-refractivity contribution in [3.8, 4) is 11.1 Å². The molecule has 0 saturated carbocycles. The number of ether oxygens (including phenoxy) is 1. The number of benzene rings is 2. The zero-order valence-corrected chi connectivity index (χ0v) is 12.3. The van der Waals surface area contributed by atoms with Crippen molar-refractivity contribution in [3.05, 3.63) is 53.3 Å². The molecule has 0 spiro atoms. The van der Waals surface area contributed by atoms with E-state index in [2.05, 4.69) is 5.10 Å². The number of hydrogen-bond acceptors (Lipinski definition) is 3. The van der Waals surface area contributed by atoms with Crippen molar-refractivity contribution in [1.82, 2.24) is 0 Å². The maximum atomic E-state index is 13.7. The van der Waals surface area contributed by atoms with Crippen molar-refractivity contribution in [3.63, 3.8) is 0 Å². The van der Waals surface area contributed by atoms with E-state index in [1.807, 2.05) is 25.1 Å². The first-order valence-corrected chi connectivity index (χ1v) is 6.93. The Morgan fingerprint density at radius 2 is 2.00 bits per heavy atom. The number of aryl methyl sites for hydroxylation is 1. The number of hydrogen-bond donors (Lipinski definition) is 0. The average Bonchev–Trinajstić information content (AvgIpc) is 2.51. The molecule has 2 aromatic carbocycles. The number of hydrazone groups is 1. The Balaban J connectivity index is 2.03. The van der Waals surface area contributed by atoms with E-state index < -0.39 is 6.09 Å². The Kier molecular flexibility index (Phi) is 3.63. The number of rotatable bonds is 2. The number of halogens is 1. The molecule has 5 heteroatoms. The van der Waals surface area contributed by atoms with Gasteiger partial charge in [0.1, 0.15) is 12.4 Å². The molecule has 0 unspecified atom stereocenters. The lowest BCUT2D eigenvalue weighted by atomic mass is 9.96. The molecule has 0 atom stereocenters. The summed E-state index contributed by atoms with van der Waals surface area (Å²) >= 11 is 0. The maximum Gasteiger partial charge on any atom is 0.435 e. The van der Waals surface area contributed by atoms with Crippen LogP contribution >= 0.6 is 0 Å². The molecule has 1 aliphatic heterocycles. The number of amides is 1. The van der Waals surface area contributed by atoms with E-state index in [1.165, 1.54) is 17.3 Å². The molecule has 112 valence electrons. The van der Waals surface area contributed by atoms with Crippen molar-refractivity contribution in [1.29, 1.82) is 0 Å². The van der Waals surface area contributed by atoms with Crippen LogP contribution in [0.3, 0.4) is 0 Å². The van der Waals surface area contributed by atoms with Gasteiger partial charge < -0.3 is 4.74 Å². The minimum atomic E-state index is -0.503. The molecule has 22 heavy (non-hydrogen) atoms. The topological polar surface area (TPSA) is 41.9 Å². The van der Waals surface area contributed by atoms with Crippen LogP contribution in [-0.2, 0) is 4.74 Å². The predicted molar refractivity (Wildman–Crippen MR) is 83.6 cm³/mol. The first-order chi connectivity index (χ1) is 10.6. The van der Waals surface area contributed by atoms with Crippen molar-refractivity contribution in [2.45, 2.75) is 13.8 Å². The molecular formula is C17H15FN2O2. The van der Waals surface area contributed by atoms with Crippen LogP contribution in [0.25, 0.3) is 11.1 Å². The SMILES string of the molecule is Cc1cc(N2N=CCOC2=O)ccc1-c1cccc(F)c1C. The summed E-state index contributed by atoms with van der Waals surface area (Å²) in [4.78, 5) is 11.7. The molecule has 0 aliphatic carbocycles. The summed E-state index contributed by atoms with van der Waals surface area (Å²) in [6.07, 6.45) is 1.03. The van der Waals surface area contributed by atoms with Crippen LogP contribution in [-0.4, -0.2) is 18.9 Å². The highest BCUT2D eigenvalue weighted by Gasteiger charge is 2.20. The van der Waals surface area contributed by atoms with Crippen molar-refractivity contribution < 1.29 is 13.9 Å². The van der Waals surface area contributed by atoms with E-state index in [0.29, 0.717) is 11.3 Å². The van der Waals surface area contributed by atoms with Gasteiger partial charge in [-0.25, -0.2) is 9.18 Å². The number of anilines is 1. The van der Waals surface area contributed by atoms with Crippen molar-refractivity contribution in [2.75, 3.05) is 11.6 Å². The lowest BCUT2D eigenvalue weighted by molar-refractivity contribution is 0.167. The van der Waals surface area contributed by atoms with E-state index in [1.54, 1.807) is 19.1 Å². The third kappa shape index (κ3) is 2.45. The summed E-state index contributed by atoms with van der Waals surface area (Å²) in [5.74, 6) is -0.231. The molecule has 1 heterocycles. The van der Waals surface area contributed by atoms with Gasteiger partial charge in [-0.15, -0.1) is 0 Å². The van der Waals surface area contributed by atoms with Gasteiger partial charge in [0.05, 0.1) is 11.9 Å². The molecule has 0 aromatic heterocycles. The highest BCUT2D eigenvalue weighted by molar-refractivity contribution is 5.91. The zero-order chi connectivity index (χ0) is 15.7. The highest BCUT2D eigenvalue weighted by Crippen LogP contribution is 2.31. The summed E-state index contributed by atoms with van der Waals surface area (Å²) in [6.45, 7) is 3.86. The van der Waals surface area contributed by atoms with Crippen LogP contribution in [0.5, 0.6) is 0 Å². The van der Waals surface area contributed by atoms with Gasteiger partial charge in [-0.2, -0.15) is 10.1 Å². The molecule has 0 saturated heterocycles. The number of nitrogens with zero attached hydrogens (tertiary/aromatic N) is 2. The predicted octanol–water partition coefficient (Wildman–Crippen LogP) is 4.05. The molecular weight excluding hydrogens is 283 g/mol. The lowest BCUT2D eigenvalue weighted by Gasteiger charge is -2.21. The Morgan fingerprint density at radius 1 is 1.18 bits per heavy atom. The smallest absolute Gasteiger partial charge is 0.435 e. The molecule has 2 aromatic rings. The van der Waals surface area contributed by atoms with Crippen LogP contribution in [0, 0.1) is 19.7 Å². The third-order valence-electron chi connectivity index (χ3n) is 3.66. The first kappa shape index (κ1) is 14.3. The second kappa shape index (κ2) is 5.60. The fourth-order valence-corrected chi connectivity index (χ4v) is 2.48. The Hall–Kier alpha value is -2.69. The van der Waals surface area contributed by atoms with E-state index in [9.17, 15) is 9.18 Å². The van der Waals surface area contributed by atoms with Crippen LogP contribution < -0.4 is 5.01 Å². The standard InChI is InChI=1S/C17H15FN2O2/c1-11-10-13(20-17(21)22-9-8-19-20)6-7-14(11)15-4-3-5-16(18)12(15)2/h3-8,10H,9H2,1-2H3. The summed E-state index contributed by atoms with van der Waals surface area (Å²) in [5, 5.41) is 5.24. The summed E-state index contributed by atoms with van der Waals surface area (Å²) < 4.78 is 18.7. The Bertz CT molecular complexity index is 771. The first-order valence-electron chi connectivity index (χ1n) is 6.93. The van der Waals surface area contributed by atoms with Gasteiger partial charge in [0.25, 0.3) is 0 Å². The summed E-state index contributed by atoms with van der Waals surface area (Å²) in [6, 6.07) is 10.5. The quantitative estimate of drug-likeness (QED) is 0.839. The van der Waals surface area contributed by atoms with E-state index in [-0.39, 0.29) is 12.4 Å². The lowest BCUT2D eigenvalue weighted by Crippen LogP contribution is -2.31. The largest absolute Gasteiger partial charge is 0.442 e. The Morgan fingerprint density at radius 3 is 2.73 bits per heavy atom. The monoisotopic (exact) mass is 298 g/mol. The van der Waals surface area contributed by atoms with Crippen LogP contribution in [0.2, 0.25) is 0 Å². The molecule has 3 rings (SSSR count). The zero-order valence-electron chi connectivity index (χ0n) is 12.3. The van der Waals surface area contributed by atoms with Crippen LogP contribution in [0.1, 0.15) is 11.1 Å². The highest BCUT2D eigenvalue weighted by atomic mass is 19.1. The third-order valence-corrected chi connectivity index (χ3v) is 3.66. The second-order valence-corrected chi connectivity index (χ2v) is 5.10. The second-order valence-electron chi connectivity index (χ2n) is 5.10. The maximum absolute atomic E-state index is 13.7. The minimum absolute atomic E-state index is 0.189. The van der Waals surface area contributed by atoms with Crippen molar-refractivity contribution >= 4 is 18.0 Å². The molecule has 0 N–H and O–H groups in total. The normalized spacial score (nSPS) is 14.1. The molecule has 1 amide bonds. The summed E-state index contributed by atoms with van der Waals surface area (Å²) in [7, 11) is 0.